The largest absolute Gasteiger partial charge is 0.472 e. The zero-order chi connectivity index (χ0) is 45.9. The van der Waals surface area contributed by atoms with Crippen LogP contribution in [0.4, 0.5) is 0 Å². The average molecular weight is 897 g/mol. The van der Waals surface area contributed by atoms with E-state index in [9.17, 15) is 49.7 Å². The van der Waals surface area contributed by atoms with Crippen molar-refractivity contribution < 1.29 is 68.2 Å². The van der Waals surface area contributed by atoms with Crippen molar-refractivity contribution >= 4 is 19.8 Å². The lowest BCUT2D eigenvalue weighted by Gasteiger charge is -2.41. The average Bonchev–Trinajstić information content (AvgIpc) is 3.24. The molecule has 0 radical (unpaired) electrons. The van der Waals surface area contributed by atoms with Crippen LogP contribution < -0.4 is 0 Å². The first-order chi connectivity index (χ1) is 29.8. The van der Waals surface area contributed by atoms with Crippen LogP contribution in [0.15, 0.2) is 85.1 Å². The molecule has 354 valence electrons. The minimum Gasteiger partial charge on any atom is -0.462 e. The van der Waals surface area contributed by atoms with Gasteiger partial charge in [0.1, 0.15) is 43.2 Å². The van der Waals surface area contributed by atoms with E-state index < -0.39 is 75.7 Å². The van der Waals surface area contributed by atoms with E-state index >= 15 is 0 Å². The Labute approximate surface area is 370 Å². The van der Waals surface area contributed by atoms with Crippen LogP contribution in [0.3, 0.4) is 0 Å². The van der Waals surface area contributed by atoms with Crippen molar-refractivity contribution in [2.45, 2.75) is 185 Å². The molecule has 0 aromatic heterocycles. The van der Waals surface area contributed by atoms with Crippen LogP contribution in [0.5, 0.6) is 0 Å². The Morgan fingerprint density at radius 2 is 1.05 bits per heavy atom. The van der Waals surface area contributed by atoms with Gasteiger partial charge in [-0.15, -0.1) is 0 Å². The third-order valence-corrected chi connectivity index (χ3v) is 10.8. The summed E-state index contributed by atoms with van der Waals surface area (Å²) in [5.41, 5.74) is 0. The summed E-state index contributed by atoms with van der Waals surface area (Å²) < 4.78 is 33.4. The maximum atomic E-state index is 12.8. The fourth-order valence-corrected chi connectivity index (χ4v) is 7.16. The molecule has 15 heteroatoms. The van der Waals surface area contributed by atoms with Gasteiger partial charge in [-0.3, -0.25) is 18.6 Å². The molecule has 1 aliphatic carbocycles. The molecule has 0 spiro atoms. The monoisotopic (exact) mass is 897 g/mol. The molecule has 9 atom stereocenters. The van der Waals surface area contributed by atoms with Gasteiger partial charge < -0.3 is 45.0 Å². The summed E-state index contributed by atoms with van der Waals surface area (Å²) in [6.07, 6.45) is 29.9. The van der Waals surface area contributed by atoms with Gasteiger partial charge in [0.15, 0.2) is 6.10 Å². The number of aliphatic hydroxyl groups is 6. The number of rotatable bonds is 35. The first kappa shape index (κ1) is 57.0. The molecular formula is C47H77O14P. The van der Waals surface area contributed by atoms with Crippen molar-refractivity contribution in [3.8, 4) is 0 Å². The van der Waals surface area contributed by atoms with E-state index in [0.717, 1.165) is 83.5 Å². The molecule has 1 saturated carbocycles. The van der Waals surface area contributed by atoms with Crippen LogP contribution in [0.25, 0.3) is 0 Å². The maximum Gasteiger partial charge on any atom is 0.472 e. The van der Waals surface area contributed by atoms with E-state index in [2.05, 4.69) is 74.6 Å². The van der Waals surface area contributed by atoms with E-state index in [-0.39, 0.29) is 18.9 Å². The Morgan fingerprint density at radius 3 is 1.61 bits per heavy atom. The van der Waals surface area contributed by atoms with Gasteiger partial charge >= 0.3 is 19.8 Å². The predicted octanol–water partition coefficient (Wildman–Crippen LogP) is 7.47. The predicted molar refractivity (Wildman–Crippen MR) is 241 cm³/mol. The number of hydrogen-bond acceptors (Lipinski definition) is 13. The van der Waals surface area contributed by atoms with Crippen LogP contribution in [-0.4, -0.2) is 110 Å². The number of carbonyl (C=O) groups is 2. The molecule has 0 bridgehead atoms. The molecule has 4 unspecified atom stereocenters. The highest BCUT2D eigenvalue weighted by Gasteiger charge is 2.51. The lowest BCUT2D eigenvalue weighted by Crippen LogP contribution is -2.64. The van der Waals surface area contributed by atoms with E-state index in [0.29, 0.717) is 25.7 Å². The summed E-state index contributed by atoms with van der Waals surface area (Å²) >= 11 is 0. The topological polar surface area (TPSA) is 230 Å². The van der Waals surface area contributed by atoms with Gasteiger partial charge in [-0.2, -0.15) is 0 Å². The molecule has 62 heavy (non-hydrogen) atoms. The minimum absolute atomic E-state index is 0.00292. The van der Waals surface area contributed by atoms with Crippen molar-refractivity contribution in [3.05, 3.63) is 85.1 Å². The van der Waals surface area contributed by atoms with Gasteiger partial charge in [-0.05, 0) is 83.5 Å². The Kier molecular flexibility index (Phi) is 33.4. The normalized spacial score (nSPS) is 23.2. The molecule has 0 aromatic carbocycles. The van der Waals surface area contributed by atoms with E-state index in [1.807, 2.05) is 24.3 Å². The third-order valence-electron chi connectivity index (χ3n) is 9.78. The van der Waals surface area contributed by atoms with E-state index in [4.69, 9.17) is 18.5 Å². The van der Waals surface area contributed by atoms with Gasteiger partial charge in [0, 0.05) is 12.8 Å². The van der Waals surface area contributed by atoms with Crippen LogP contribution in [-0.2, 0) is 32.7 Å². The quantitative estimate of drug-likeness (QED) is 0.0142. The van der Waals surface area contributed by atoms with Gasteiger partial charge in [-0.1, -0.05) is 125 Å². The molecule has 0 saturated heterocycles. The highest BCUT2D eigenvalue weighted by Crippen LogP contribution is 2.47. The standard InChI is InChI=1S/C47H77O14P/c1-3-5-6-7-8-9-10-11-12-15-18-21-24-27-30-34-40(49)58-36-39(37-59-62(56,57)61-47-45(54)43(52)42(51)44(53)46(47)55)60-41(50)35-31-28-25-22-19-16-13-14-17-20-23-26-29-33-38(48)32-4-2/h5-6,8-9,11-13,16-17,20,22,25-26,29,38-39,42-48,51-55H,3-4,7,10,14-15,18-19,21,23-24,27-28,30-37H2,1-2H3,(H,56,57)/b6-5-,9-8-,12-11-,16-13-,20-17-,25-22-,29-26-/t38?,39-,42?,43-,44+,45-,46-,47?/m1/s1. The van der Waals surface area contributed by atoms with E-state index in [1.54, 1.807) is 0 Å². The van der Waals surface area contributed by atoms with Crippen molar-refractivity contribution in [2.24, 2.45) is 0 Å². The number of carbonyl (C=O) groups excluding carboxylic acids is 2. The van der Waals surface area contributed by atoms with Gasteiger partial charge in [0.05, 0.1) is 12.7 Å². The summed E-state index contributed by atoms with van der Waals surface area (Å²) in [4.78, 5) is 35.6. The number of unbranched alkanes of at least 4 members (excludes halogenated alkanes) is 6. The Hall–Kier alpha value is -3.01. The SMILES string of the molecule is CC/C=C\C/C=C\C/C=C\CCCCCCCC(=O)OC[C@H](COP(=O)(O)OC1[C@H](O)[C@H](O)C(O)[C@H](O)[C@H]1O)OC(=O)CCC/C=C\C/C=C\C/C=C\C/C=C\CC(O)CCC. The lowest BCUT2D eigenvalue weighted by atomic mass is 9.85. The fraction of sp³-hybridized carbons (Fsp3) is 0.660. The number of allylic oxidation sites excluding steroid dienone is 13. The van der Waals surface area contributed by atoms with Crippen molar-refractivity contribution in [3.63, 3.8) is 0 Å². The molecule has 14 nitrogen and oxygen atoms in total. The maximum absolute atomic E-state index is 12.8. The molecule has 0 aliphatic heterocycles. The highest BCUT2D eigenvalue weighted by atomic mass is 31.2. The van der Waals surface area contributed by atoms with Crippen LogP contribution in [0.2, 0.25) is 0 Å². The molecular weight excluding hydrogens is 819 g/mol. The summed E-state index contributed by atoms with van der Waals surface area (Å²) in [6, 6.07) is 0. The molecule has 0 heterocycles. The summed E-state index contributed by atoms with van der Waals surface area (Å²) in [5.74, 6) is -1.22. The second-order valence-corrected chi connectivity index (χ2v) is 16.8. The Morgan fingerprint density at radius 1 is 0.581 bits per heavy atom. The second kappa shape index (κ2) is 36.3. The summed E-state index contributed by atoms with van der Waals surface area (Å²) in [6.45, 7) is 2.91. The summed E-state index contributed by atoms with van der Waals surface area (Å²) in [7, 11) is -5.15. The summed E-state index contributed by atoms with van der Waals surface area (Å²) in [5, 5.41) is 59.8. The second-order valence-electron chi connectivity index (χ2n) is 15.3. The van der Waals surface area contributed by atoms with Crippen LogP contribution in [0.1, 0.15) is 136 Å². The Bertz CT molecular complexity index is 1420. The highest BCUT2D eigenvalue weighted by molar-refractivity contribution is 7.47. The van der Waals surface area contributed by atoms with E-state index in [1.165, 1.54) is 0 Å². The molecule has 0 aromatic rings. The van der Waals surface area contributed by atoms with Crippen molar-refractivity contribution in [2.75, 3.05) is 13.2 Å². The zero-order valence-electron chi connectivity index (χ0n) is 37.0. The minimum atomic E-state index is -5.15. The molecule has 1 rings (SSSR count). The van der Waals surface area contributed by atoms with Crippen LogP contribution >= 0.6 is 7.82 Å². The molecule has 7 N–H and O–H groups in total. The number of esters is 2. The number of phosphoric ester groups is 1. The number of ether oxygens (including phenoxy) is 2. The molecule has 1 fully saturated rings. The van der Waals surface area contributed by atoms with Crippen molar-refractivity contribution in [1.82, 2.24) is 0 Å². The number of hydrogen-bond donors (Lipinski definition) is 7. The molecule has 1 aliphatic rings. The van der Waals surface area contributed by atoms with Gasteiger partial charge in [0.25, 0.3) is 0 Å². The first-order valence-electron chi connectivity index (χ1n) is 22.5. The smallest absolute Gasteiger partial charge is 0.462 e. The van der Waals surface area contributed by atoms with Crippen molar-refractivity contribution in [1.29, 1.82) is 0 Å². The fourth-order valence-electron chi connectivity index (χ4n) is 6.19. The Balaban J connectivity index is 2.55. The lowest BCUT2D eigenvalue weighted by molar-refractivity contribution is -0.220. The van der Waals surface area contributed by atoms with Gasteiger partial charge in [0.2, 0.25) is 0 Å². The molecule has 0 amide bonds. The number of aliphatic hydroxyl groups excluding tert-OH is 6. The third kappa shape index (κ3) is 28.6. The zero-order valence-corrected chi connectivity index (χ0v) is 37.9. The van der Waals surface area contributed by atoms with Gasteiger partial charge in [-0.25, -0.2) is 4.57 Å². The first-order valence-corrected chi connectivity index (χ1v) is 24.0. The van der Waals surface area contributed by atoms with Crippen LogP contribution in [0, 0.1) is 0 Å². The number of phosphoric acid groups is 1.